The van der Waals surface area contributed by atoms with Gasteiger partial charge in [-0.2, -0.15) is 0 Å². The van der Waals surface area contributed by atoms with Gasteiger partial charge in [0.1, 0.15) is 5.78 Å². The Hall–Kier alpha value is -0.410. The van der Waals surface area contributed by atoms with Gasteiger partial charge in [-0.05, 0) is 25.3 Å². The van der Waals surface area contributed by atoms with Gasteiger partial charge >= 0.3 is 0 Å². The molecule has 15 heavy (non-hydrogen) atoms. The molecule has 2 aliphatic rings. The summed E-state index contributed by atoms with van der Waals surface area (Å²) in [6, 6.07) is 0.779. The molecule has 0 aromatic heterocycles. The summed E-state index contributed by atoms with van der Waals surface area (Å²) in [5.41, 5.74) is 0. The minimum absolute atomic E-state index is 0.177. The molecule has 0 amide bonds. The van der Waals surface area contributed by atoms with Gasteiger partial charge in [-0.1, -0.05) is 13.8 Å². The summed E-state index contributed by atoms with van der Waals surface area (Å²) in [6.07, 6.45) is 2.79. The Labute approximate surface area is 91.8 Å². The van der Waals surface area contributed by atoms with E-state index in [9.17, 15) is 4.79 Å². The van der Waals surface area contributed by atoms with Crippen LogP contribution >= 0.6 is 0 Å². The summed E-state index contributed by atoms with van der Waals surface area (Å²) in [6.45, 7) is 6.85. The maximum Gasteiger partial charge on any atom is 0.149 e. The highest BCUT2D eigenvalue weighted by Gasteiger charge is 2.43. The lowest BCUT2D eigenvalue weighted by Gasteiger charge is -2.32. The summed E-state index contributed by atoms with van der Waals surface area (Å²) < 4.78 is 5.50. The molecular weight excluding hydrogens is 190 g/mol. The smallest absolute Gasteiger partial charge is 0.149 e. The summed E-state index contributed by atoms with van der Waals surface area (Å²) in [5, 5.41) is 0. The van der Waals surface area contributed by atoms with E-state index in [0.29, 0.717) is 24.2 Å². The van der Waals surface area contributed by atoms with E-state index in [1.54, 1.807) is 0 Å². The maximum atomic E-state index is 11.8. The monoisotopic (exact) mass is 211 g/mol. The molecule has 86 valence electrons. The van der Waals surface area contributed by atoms with Crippen LogP contribution in [0, 0.1) is 5.92 Å². The van der Waals surface area contributed by atoms with Crippen LogP contribution in [0.15, 0.2) is 0 Å². The number of hydrogen-bond donors (Lipinski definition) is 0. The molecule has 0 N–H and O–H groups in total. The first-order chi connectivity index (χ1) is 7.27. The van der Waals surface area contributed by atoms with Crippen molar-refractivity contribution < 1.29 is 9.53 Å². The van der Waals surface area contributed by atoms with Crippen LogP contribution in [0.3, 0.4) is 0 Å². The third-order valence-electron chi connectivity index (χ3n) is 3.87. The largest absolute Gasteiger partial charge is 0.381 e. The van der Waals surface area contributed by atoms with Gasteiger partial charge in [0.15, 0.2) is 0 Å². The minimum atomic E-state index is 0.177. The Kier molecular flexibility index (Phi) is 3.42. The van der Waals surface area contributed by atoms with E-state index < -0.39 is 0 Å². The third-order valence-corrected chi connectivity index (χ3v) is 3.87. The highest BCUT2D eigenvalue weighted by atomic mass is 16.5. The number of Topliss-reactive ketones (excluding diaryl/α,β-unsaturated/α-hetero) is 1. The molecule has 0 aliphatic carbocycles. The lowest BCUT2D eigenvalue weighted by molar-refractivity contribution is -0.123. The molecule has 3 heteroatoms. The molecule has 2 saturated heterocycles. The SMILES string of the molecule is CCC(=O)C1CC2COCCC2N1CC. The Morgan fingerprint density at radius 1 is 1.47 bits per heavy atom. The first-order valence-electron chi connectivity index (χ1n) is 6.14. The molecule has 0 aromatic rings. The number of rotatable bonds is 3. The predicted molar refractivity (Wildman–Crippen MR) is 58.8 cm³/mol. The summed E-state index contributed by atoms with van der Waals surface area (Å²) in [5.74, 6) is 1.01. The van der Waals surface area contributed by atoms with Gasteiger partial charge < -0.3 is 4.74 Å². The standard InChI is InChI=1S/C12H21NO2/c1-3-12(14)11-7-9-8-15-6-5-10(9)13(11)4-2/h9-11H,3-8H2,1-2H3. The van der Waals surface area contributed by atoms with Crippen molar-refractivity contribution in [2.75, 3.05) is 19.8 Å². The van der Waals surface area contributed by atoms with Gasteiger partial charge in [0.2, 0.25) is 0 Å². The van der Waals surface area contributed by atoms with Crippen molar-refractivity contribution in [2.45, 2.75) is 45.2 Å². The fourth-order valence-corrected chi connectivity index (χ4v) is 3.11. The fraction of sp³-hybridized carbons (Fsp3) is 0.917. The van der Waals surface area contributed by atoms with Gasteiger partial charge in [0.25, 0.3) is 0 Å². The van der Waals surface area contributed by atoms with Crippen molar-refractivity contribution >= 4 is 5.78 Å². The molecule has 2 heterocycles. The van der Waals surface area contributed by atoms with E-state index in [2.05, 4.69) is 11.8 Å². The molecule has 2 rings (SSSR count). The van der Waals surface area contributed by atoms with Crippen LogP contribution in [-0.4, -0.2) is 42.5 Å². The van der Waals surface area contributed by atoms with E-state index in [1.807, 2.05) is 6.92 Å². The van der Waals surface area contributed by atoms with Crippen LogP contribution in [0.1, 0.15) is 33.1 Å². The average Bonchev–Trinajstić information content (AvgIpc) is 2.66. The molecule has 0 spiro atoms. The number of ketones is 1. The van der Waals surface area contributed by atoms with E-state index >= 15 is 0 Å². The quantitative estimate of drug-likeness (QED) is 0.708. The number of hydrogen-bond acceptors (Lipinski definition) is 3. The lowest BCUT2D eigenvalue weighted by atomic mass is 9.95. The Balaban J connectivity index is 2.10. The van der Waals surface area contributed by atoms with Crippen molar-refractivity contribution in [1.82, 2.24) is 4.90 Å². The van der Waals surface area contributed by atoms with Crippen molar-refractivity contribution in [2.24, 2.45) is 5.92 Å². The number of carbonyl (C=O) groups excluding carboxylic acids is 1. The first-order valence-corrected chi connectivity index (χ1v) is 6.14. The van der Waals surface area contributed by atoms with Crippen molar-refractivity contribution in [3.05, 3.63) is 0 Å². The first kappa shape index (κ1) is 11.1. The maximum absolute atomic E-state index is 11.8. The van der Waals surface area contributed by atoms with Crippen LogP contribution in [0.2, 0.25) is 0 Å². The molecule has 3 atom stereocenters. The van der Waals surface area contributed by atoms with Gasteiger partial charge in [0, 0.05) is 19.1 Å². The third kappa shape index (κ3) is 1.95. The average molecular weight is 211 g/mol. The Morgan fingerprint density at radius 3 is 2.93 bits per heavy atom. The highest BCUT2D eigenvalue weighted by Crippen LogP contribution is 2.35. The number of ether oxygens (including phenoxy) is 1. The molecule has 2 fully saturated rings. The van der Waals surface area contributed by atoms with Crippen molar-refractivity contribution in [3.63, 3.8) is 0 Å². The van der Waals surface area contributed by atoms with Crippen LogP contribution in [0.25, 0.3) is 0 Å². The van der Waals surface area contributed by atoms with Crippen LogP contribution in [0.5, 0.6) is 0 Å². The Morgan fingerprint density at radius 2 is 2.27 bits per heavy atom. The second-order valence-corrected chi connectivity index (χ2v) is 4.59. The number of likely N-dealkylation sites (tertiary alicyclic amines) is 1. The molecule has 3 nitrogen and oxygen atoms in total. The molecule has 0 saturated carbocycles. The number of carbonyl (C=O) groups is 1. The van der Waals surface area contributed by atoms with E-state index in [0.717, 1.165) is 32.6 Å². The van der Waals surface area contributed by atoms with Gasteiger partial charge in [0.05, 0.1) is 12.6 Å². The number of nitrogens with zero attached hydrogens (tertiary/aromatic N) is 1. The minimum Gasteiger partial charge on any atom is -0.381 e. The molecule has 0 aromatic carbocycles. The summed E-state index contributed by atoms with van der Waals surface area (Å²) >= 11 is 0. The second-order valence-electron chi connectivity index (χ2n) is 4.59. The van der Waals surface area contributed by atoms with E-state index in [1.165, 1.54) is 0 Å². The topological polar surface area (TPSA) is 29.5 Å². The van der Waals surface area contributed by atoms with Crippen molar-refractivity contribution in [1.29, 1.82) is 0 Å². The molecule has 0 bridgehead atoms. The number of fused-ring (bicyclic) bond motifs is 1. The van der Waals surface area contributed by atoms with Gasteiger partial charge in [-0.25, -0.2) is 0 Å². The zero-order chi connectivity index (χ0) is 10.8. The number of likely N-dealkylation sites (N-methyl/N-ethyl adjacent to an activating group) is 1. The highest BCUT2D eigenvalue weighted by molar-refractivity contribution is 5.84. The van der Waals surface area contributed by atoms with Crippen molar-refractivity contribution in [3.8, 4) is 0 Å². The molecule has 2 aliphatic heterocycles. The van der Waals surface area contributed by atoms with Crippen LogP contribution < -0.4 is 0 Å². The van der Waals surface area contributed by atoms with Gasteiger partial charge in [-0.3, -0.25) is 9.69 Å². The van der Waals surface area contributed by atoms with Gasteiger partial charge in [-0.15, -0.1) is 0 Å². The Bertz CT molecular complexity index is 242. The van der Waals surface area contributed by atoms with Crippen LogP contribution in [0.4, 0.5) is 0 Å². The normalized spacial score (nSPS) is 36.5. The molecule has 0 radical (unpaired) electrons. The lowest BCUT2D eigenvalue weighted by Crippen LogP contribution is -2.43. The predicted octanol–water partition coefficient (Wildman–Crippen LogP) is 1.46. The zero-order valence-corrected chi connectivity index (χ0v) is 9.74. The molecular formula is C12H21NO2. The van der Waals surface area contributed by atoms with Crippen LogP contribution in [-0.2, 0) is 9.53 Å². The summed E-state index contributed by atoms with van der Waals surface area (Å²) in [4.78, 5) is 14.2. The van der Waals surface area contributed by atoms with E-state index in [-0.39, 0.29) is 6.04 Å². The van der Waals surface area contributed by atoms with E-state index in [4.69, 9.17) is 4.74 Å². The second kappa shape index (κ2) is 4.62. The molecule has 3 unspecified atom stereocenters. The summed E-state index contributed by atoms with van der Waals surface area (Å²) in [7, 11) is 0. The zero-order valence-electron chi connectivity index (χ0n) is 9.74. The fourth-order valence-electron chi connectivity index (χ4n) is 3.11.